The lowest BCUT2D eigenvalue weighted by Crippen LogP contribution is -2.37. The maximum absolute atomic E-state index is 11.8. The summed E-state index contributed by atoms with van der Waals surface area (Å²) in [6, 6.07) is 1.58. The molecule has 1 aliphatic rings. The quantitative estimate of drug-likeness (QED) is 0.877. The molecule has 0 amide bonds. The number of carboxylic acid groups (broad SMARTS) is 1. The van der Waals surface area contributed by atoms with Crippen molar-refractivity contribution < 1.29 is 9.90 Å². The van der Waals surface area contributed by atoms with E-state index in [1.807, 2.05) is 6.92 Å². The second kappa shape index (κ2) is 5.86. The smallest absolute Gasteiger partial charge is 0.303 e. The van der Waals surface area contributed by atoms with Gasteiger partial charge in [0.15, 0.2) is 0 Å². The highest BCUT2D eigenvalue weighted by molar-refractivity contribution is 5.67. The molecule has 104 valence electrons. The van der Waals surface area contributed by atoms with Gasteiger partial charge < -0.3 is 10.0 Å². The lowest BCUT2D eigenvalue weighted by molar-refractivity contribution is -0.138. The number of anilines is 1. The van der Waals surface area contributed by atoms with Crippen LogP contribution in [-0.2, 0) is 11.3 Å². The number of rotatable bonds is 4. The number of aliphatic carboxylic acids is 1. The number of aryl methyl sites for hydroxylation is 1. The zero-order chi connectivity index (χ0) is 13.8. The Morgan fingerprint density at radius 2 is 2.37 bits per heavy atom. The predicted molar refractivity (Wildman–Crippen MR) is 71.4 cm³/mol. The van der Waals surface area contributed by atoms with E-state index in [1.54, 1.807) is 12.3 Å². The minimum Gasteiger partial charge on any atom is -0.481 e. The number of aromatic nitrogens is 2. The summed E-state index contributed by atoms with van der Waals surface area (Å²) in [5.41, 5.74) is 0.685. The van der Waals surface area contributed by atoms with Crippen molar-refractivity contribution in [3.63, 3.8) is 0 Å². The van der Waals surface area contributed by atoms with E-state index in [4.69, 9.17) is 5.11 Å². The third-order valence-electron chi connectivity index (χ3n) is 3.50. The number of nitrogens with zero attached hydrogens (tertiary/aromatic N) is 3. The Morgan fingerprint density at radius 3 is 3.00 bits per heavy atom. The van der Waals surface area contributed by atoms with Gasteiger partial charge in [-0.2, -0.15) is 5.10 Å². The van der Waals surface area contributed by atoms with Crippen LogP contribution in [0.1, 0.15) is 26.2 Å². The van der Waals surface area contributed by atoms with Crippen LogP contribution < -0.4 is 10.5 Å². The van der Waals surface area contributed by atoms with E-state index in [0.29, 0.717) is 13.1 Å². The minimum absolute atomic E-state index is 0.111. The summed E-state index contributed by atoms with van der Waals surface area (Å²) >= 11 is 0. The van der Waals surface area contributed by atoms with Gasteiger partial charge in [-0.25, -0.2) is 4.68 Å². The highest BCUT2D eigenvalue weighted by Crippen LogP contribution is 2.23. The van der Waals surface area contributed by atoms with Crippen molar-refractivity contribution in [1.29, 1.82) is 0 Å². The molecule has 1 saturated heterocycles. The van der Waals surface area contributed by atoms with Crippen molar-refractivity contribution >= 4 is 11.7 Å². The largest absolute Gasteiger partial charge is 0.481 e. The van der Waals surface area contributed by atoms with Gasteiger partial charge in [0, 0.05) is 32.1 Å². The van der Waals surface area contributed by atoms with Gasteiger partial charge in [0.25, 0.3) is 5.56 Å². The topological polar surface area (TPSA) is 75.4 Å². The van der Waals surface area contributed by atoms with Crippen LogP contribution in [0.4, 0.5) is 5.69 Å². The minimum atomic E-state index is -0.758. The van der Waals surface area contributed by atoms with Gasteiger partial charge in [0.2, 0.25) is 0 Å². The van der Waals surface area contributed by atoms with Crippen LogP contribution >= 0.6 is 0 Å². The molecule has 0 aromatic carbocycles. The summed E-state index contributed by atoms with van der Waals surface area (Å²) in [6.45, 7) is 3.97. The first-order chi connectivity index (χ1) is 9.10. The van der Waals surface area contributed by atoms with E-state index < -0.39 is 5.97 Å². The molecule has 0 saturated carbocycles. The number of carboxylic acids is 1. The molecular weight excluding hydrogens is 246 g/mol. The Balaban J connectivity index is 2.10. The highest BCUT2D eigenvalue weighted by Gasteiger charge is 2.22. The third kappa shape index (κ3) is 3.33. The van der Waals surface area contributed by atoms with Crippen molar-refractivity contribution in [3.05, 3.63) is 22.6 Å². The van der Waals surface area contributed by atoms with Gasteiger partial charge in [-0.05, 0) is 25.7 Å². The molecule has 0 aliphatic carbocycles. The molecule has 0 unspecified atom stereocenters. The van der Waals surface area contributed by atoms with Gasteiger partial charge in [-0.15, -0.1) is 0 Å². The number of carbonyl (C=O) groups is 1. The van der Waals surface area contributed by atoms with Crippen molar-refractivity contribution in [2.75, 3.05) is 18.0 Å². The second-order valence-corrected chi connectivity index (χ2v) is 4.92. The van der Waals surface area contributed by atoms with Crippen LogP contribution in [0.25, 0.3) is 0 Å². The van der Waals surface area contributed by atoms with Crippen LogP contribution in [0, 0.1) is 5.92 Å². The molecule has 1 N–H and O–H groups in total. The molecule has 2 rings (SSSR count). The summed E-state index contributed by atoms with van der Waals surface area (Å²) in [5.74, 6) is -0.605. The maximum atomic E-state index is 11.8. The monoisotopic (exact) mass is 265 g/mol. The molecule has 1 fully saturated rings. The Hall–Kier alpha value is -1.85. The van der Waals surface area contributed by atoms with Crippen molar-refractivity contribution in [2.24, 2.45) is 5.92 Å². The summed E-state index contributed by atoms with van der Waals surface area (Å²) < 4.78 is 1.40. The molecule has 1 atom stereocenters. The average Bonchev–Trinajstić information content (AvgIpc) is 2.38. The zero-order valence-corrected chi connectivity index (χ0v) is 11.1. The lowest BCUT2D eigenvalue weighted by Gasteiger charge is -2.33. The summed E-state index contributed by atoms with van der Waals surface area (Å²) in [6.07, 6.45) is 3.76. The van der Waals surface area contributed by atoms with E-state index in [9.17, 15) is 9.59 Å². The molecule has 2 heterocycles. The molecule has 6 nitrogen and oxygen atoms in total. The molecule has 0 spiro atoms. The normalized spacial score (nSPS) is 19.4. The molecule has 1 aliphatic heterocycles. The fraction of sp³-hybridized carbons (Fsp3) is 0.615. The van der Waals surface area contributed by atoms with E-state index in [-0.39, 0.29) is 17.9 Å². The fourth-order valence-corrected chi connectivity index (χ4v) is 2.55. The van der Waals surface area contributed by atoms with E-state index in [2.05, 4.69) is 10.00 Å². The van der Waals surface area contributed by atoms with Gasteiger partial charge in [0.1, 0.15) is 0 Å². The highest BCUT2D eigenvalue weighted by atomic mass is 16.4. The summed E-state index contributed by atoms with van der Waals surface area (Å²) in [5, 5.41) is 13.0. The van der Waals surface area contributed by atoms with E-state index in [1.165, 1.54) is 4.68 Å². The third-order valence-corrected chi connectivity index (χ3v) is 3.50. The molecule has 1 aromatic heterocycles. The fourth-order valence-electron chi connectivity index (χ4n) is 2.55. The molecular formula is C13H19N3O3. The Morgan fingerprint density at radius 1 is 1.58 bits per heavy atom. The standard InChI is InChI=1S/C13H19N3O3/c1-2-16-12(17)7-11(8-14-16)15-5-3-4-10(9-15)6-13(18)19/h7-8,10H,2-6,9H2,1H3,(H,18,19)/t10-/m0/s1. The van der Waals surface area contributed by atoms with Gasteiger partial charge in [0.05, 0.1) is 11.9 Å². The molecule has 1 aromatic rings. The SMILES string of the molecule is CCn1ncc(N2CCC[C@@H](CC(=O)O)C2)cc1=O. The van der Waals surface area contributed by atoms with E-state index in [0.717, 1.165) is 25.1 Å². The average molecular weight is 265 g/mol. The van der Waals surface area contributed by atoms with Crippen LogP contribution in [-0.4, -0.2) is 33.9 Å². The van der Waals surface area contributed by atoms with Gasteiger partial charge in [-0.3, -0.25) is 9.59 Å². The van der Waals surface area contributed by atoms with Crippen molar-refractivity contribution in [3.8, 4) is 0 Å². The van der Waals surface area contributed by atoms with E-state index >= 15 is 0 Å². The first-order valence-electron chi connectivity index (χ1n) is 6.64. The lowest BCUT2D eigenvalue weighted by atomic mass is 9.94. The second-order valence-electron chi connectivity index (χ2n) is 4.92. The first-order valence-corrected chi connectivity index (χ1v) is 6.64. The predicted octanol–water partition coefficient (Wildman–Crippen LogP) is 0.954. The number of hydrogen-bond acceptors (Lipinski definition) is 4. The Labute approximate surface area is 111 Å². The number of hydrogen-bond donors (Lipinski definition) is 1. The Kier molecular flexibility index (Phi) is 4.19. The zero-order valence-electron chi connectivity index (χ0n) is 11.1. The first kappa shape index (κ1) is 13.6. The molecule has 6 heteroatoms. The van der Waals surface area contributed by atoms with Gasteiger partial charge >= 0.3 is 5.97 Å². The maximum Gasteiger partial charge on any atom is 0.303 e. The molecule has 0 bridgehead atoms. The molecule has 19 heavy (non-hydrogen) atoms. The van der Waals surface area contributed by atoms with Crippen molar-refractivity contribution in [1.82, 2.24) is 9.78 Å². The van der Waals surface area contributed by atoms with Crippen LogP contribution in [0.15, 0.2) is 17.1 Å². The van der Waals surface area contributed by atoms with Crippen LogP contribution in [0.3, 0.4) is 0 Å². The summed E-state index contributed by atoms with van der Waals surface area (Å²) in [7, 11) is 0. The molecule has 0 radical (unpaired) electrons. The van der Waals surface area contributed by atoms with Gasteiger partial charge in [-0.1, -0.05) is 0 Å². The van der Waals surface area contributed by atoms with Crippen LogP contribution in [0.2, 0.25) is 0 Å². The van der Waals surface area contributed by atoms with Crippen molar-refractivity contribution in [2.45, 2.75) is 32.7 Å². The number of piperidine rings is 1. The Bertz CT molecular complexity index is 512. The van der Waals surface area contributed by atoms with Crippen LogP contribution in [0.5, 0.6) is 0 Å². The summed E-state index contributed by atoms with van der Waals surface area (Å²) in [4.78, 5) is 24.6.